The molecule has 1 saturated heterocycles. The highest BCUT2D eigenvalue weighted by atomic mass is 16.2. The summed E-state index contributed by atoms with van der Waals surface area (Å²) in [5.41, 5.74) is 2.19. The first-order chi connectivity index (χ1) is 13.0. The number of rotatable bonds is 5. The number of carbonyl (C=O) groups is 2. The maximum atomic E-state index is 12.7. The molecule has 0 unspecified atom stereocenters. The number of aromatic nitrogens is 1. The van der Waals surface area contributed by atoms with E-state index in [1.807, 2.05) is 54.3 Å². The predicted octanol–water partition coefficient (Wildman–Crippen LogP) is 2.09. The lowest BCUT2D eigenvalue weighted by Gasteiger charge is -2.36. The van der Waals surface area contributed by atoms with Gasteiger partial charge in [0.1, 0.15) is 12.4 Å². The second kappa shape index (κ2) is 8.66. The van der Waals surface area contributed by atoms with E-state index in [-0.39, 0.29) is 18.4 Å². The zero-order valence-corrected chi connectivity index (χ0v) is 16.0. The number of hydrogen-bond acceptors (Lipinski definition) is 4. The predicted molar refractivity (Wildman–Crippen MR) is 105 cm³/mol. The van der Waals surface area contributed by atoms with Crippen LogP contribution in [0.1, 0.15) is 18.1 Å². The third-order valence-electron chi connectivity index (χ3n) is 4.83. The Labute approximate surface area is 160 Å². The summed E-state index contributed by atoms with van der Waals surface area (Å²) < 4.78 is 0. The number of carbonyl (C=O) groups excluding carboxylic acids is 2. The van der Waals surface area contributed by atoms with Crippen molar-refractivity contribution < 1.29 is 9.59 Å². The molecule has 142 valence electrons. The quantitative estimate of drug-likeness (QED) is 0.813. The minimum absolute atomic E-state index is 0.00137. The normalized spacial score (nSPS) is 14.1. The fraction of sp³-hybridized carbons (Fsp3) is 0.381. The summed E-state index contributed by atoms with van der Waals surface area (Å²) in [5.74, 6) is 0.852. The monoisotopic (exact) mass is 366 g/mol. The molecule has 1 aromatic heterocycles. The largest absolute Gasteiger partial charge is 0.353 e. The Morgan fingerprint density at radius 3 is 2.48 bits per heavy atom. The molecule has 0 atom stereocenters. The maximum Gasteiger partial charge on any atom is 0.242 e. The maximum absolute atomic E-state index is 12.7. The summed E-state index contributed by atoms with van der Waals surface area (Å²) in [5, 5.41) is 0. The molecule has 0 aliphatic carbocycles. The minimum atomic E-state index is -0.0861. The summed E-state index contributed by atoms with van der Waals surface area (Å²) in [7, 11) is 0. The van der Waals surface area contributed by atoms with E-state index < -0.39 is 0 Å². The SMILES string of the molecule is CC(=O)N(CC(=O)N1CCN(c2ccccn2)CC1)Cc1cccc(C)c1. The van der Waals surface area contributed by atoms with E-state index in [0.717, 1.165) is 30.0 Å². The van der Waals surface area contributed by atoms with Gasteiger partial charge in [0.15, 0.2) is 0 Å². The van der Waals surface area contributed by atoms with Crippen LogP contribution in [0.2, 0.25) is 0 Å². The van der Waals surface area contributed by atoms with Crippen LogP contribution in [0.3, 0.4) is 0 Å². The van der Waals surface area contributed by atoms with Gasteiger partial charge in [0, 0.05) is 45.8 Å². The number of amides is 2. The van der Waals surface area contributed by atoms with Crippen molar-refractivity contribution in [3.8, 4) is 0 Å². The average Bonchev–Trinajstić information content (AvgIpc) is 2.68. The summed E-state index contributed by atoms with van der Waals surface area (Å²) >= 11 is 0. The number of benzene rings is 1. The minimum Gasteiger partial charge on any atom is -0.353 e. The van der Waals surface area contributed by atoms with Crippen LogP contribution in [0.5, 0.6) is 0 Å². The van der Waals surface area contributed by atoms with Gasteiger partial charge in [0.05, 0.1) is 0 Å². The molecule has 0 spiro atoms. The number of hydrogen-bond donors (Lipinski definition) is 0. The van der Waals surface area contributed by atoms with E-state index in [0.29, 0.717) is 19.6 Å². The first-order valence-corrected chi connectivity index (χ1v) is 9.28. The van der Waals surface area contributed by atoms with Gasteiger partial charge in [-0.25, -0.2) is 4.98 Å². The highest BCUT2D eigenvalue weighted by molar-refractivity contribution is 5.84. The van der Waals surface area contributed by atoms with Gasteiger partial charge < -0.3 is 14.7 Å². The molecule has 1 aromatic carbocycles. The van der Waals surface area contributed by atoms with Crippen molar-refractivity contribution >= 4 is 17.6 Å². The molecule has 1 fully saturated rings. The lowest BCUT2D eigenvalue weighted by Crippen LogP contribution is -2.51. The van der Waals surface area contributed by atoms with Crippen molar-refractivity contribution in [3.05, 3.63) is 59.8 Å². The lowest BCUT2D eigenvalue weighted by molar-refractivity contribution is -0.140. The van der Waals surface area contributed by atoms with E-state index in [9.17, 15) is 9.59 Å². The Morgan fingerprint density at radius 1 is 1.07 bits per heavy atom. The molecule has 6 heteroatoms. The third-order valence-corrected chi connectivity index (χ3v) is 4.83. The Bertz CT molecular complexity index is 786. The van der Waals surface area contributed by atoms with Gasteiger partial charge in [-0.15, -0.1) is 0 Å². The number of nitrogens with zero attached hydrogens (tertiary/aromatic N) is 4. The first-order valence-electron chi connectivity index (χ1n) is 9.28. The summed E-state index contributed by atoms with van der Waals surface area (Å²) in [4.78, 5) is 34.7. The van der Waals surface area contributed by atoms with Gasteiger partial charge in [-0.2, -0.15) is 0 Å². The molecule has 1 aliphatic rings. The van der Waals surface area contributed by atoms with Crippen molar-refractivity contribution in [2.24, 2.45) is 0 Å². The van der Waals surface area contributed by atoms with Crippen molar-refractivity contribution in [2.75, 3.05) is 37.6 Å². The van der Waals surface area contributed by atoms with Crippen molar-refractivity contribution in [3.63, 3.8) is 0 Å². The molecule has 2 heterocycles. The molecule has 1 aliphatic heterocycles. The van der Waals surface area contributed by atoms with Gasteiger partial charge in [0.25, 0.3) is 0 Å². The molecule has 6 nitrogen and oxygen atoms in total. The van der Waals surface area contributed by atoms with Crippen molar-refractivity contribution in [1.82, 2.24) is 14.8 Å². The van der Waals surface area contributed by atoms with Crippen LogP contribution < -0.4 is 4.90 Å². The number of piperazine rings is 1. The topological polar surface area (TPSA) is 56.8 Å². The molecule has 0 saturated carbocycles. The third kappa shape index (κ3) is 5.06. The van der Waals surface area contributed by atoms with Crippen LogP contribution in [0.25, 0.3) is 0 Å². The summed E-state index contributed by atoms with van der Waals surface area (Å²) in [6.45, 7) is 6.90. The van der Waals surface area contributed by atoms with E-state index >= 15 is 0 Å². The average molecular weight is 366 g/mol. The van der Waals surface area contributed by atoms with Crippen LogP contribution in [0, 0.1) is 6.92 Å². The number of anilines is 1. The zero-order chi connectivity index (χ0) is 19.2. The summed E-state index contributed by atoms with van der Waals surface area (Å²) in [6, 6.07) is 13.9. The summed E-state index contributed by atoms with van der Waals surface area (Å²) in [6.07, 6.45) is 1.78. The van der Waals surface area contributed by atoms with Crippen LogP contribution in [0.15, 0.2) is 48.7 Å². The van der Waals surface area contributed by atoms with Gasteiger partial charge in [0.2, 0.25) is 11.8 Å². The van der Waals surface area contributed by atoms with E-state index in [2.05, 4.69) is 9.88 Å². The molecule has 0 bridgehead atoms. The Morgan fingerprint density at radius 2 is 1.85 bits per heavy atom. The highest BCUT2D eigenvalue weighted by Gasteiger charge is 2.24. The van der Waals surface area contributed by atoms with Crippen LogP contribution >= 0.6 is 0 Å². The Hall–Kier alpha value is -2.89. The molecule has 2 aromatic rings. The molecule has 2 amide bonds. The molecule has 3 rings (SSSR count). The molecule has 0 radical (unpaired) electrons. The Kier molecular flexibility index (Phi) is 6.06. The van der Waals surface area contributed by atoms with Gasteiger partial charge in [-0.3, -0.25) is 9.59 Å². The van der Waals surface area contributed by atoms with E-state index in [1.54, 1.807) is 11.1 Å². The zero-order valence-electron chi connectivity index (χ0n) is 16.0. The van der Waals surface area contributed by atoms with Crippen molar-refractivity contribution in [1.29, 1.82) is 0 Å². The van der Waals surface area contributed by atoms with Gasteiger partial charge in [-0.1, -0.05) is 35.9 Å². The smallest absolute Gasteiger partial charge is 0.242 e. The van der Waals surface area contributed by atoms with Crippen LogP contribution in [-0.4, -0.2) is 59.3 Å². The van der Waals surface area contributed by atoms with Crippen LogP contribution in [-0.2, 0) is 16.1 Å². The first kappa shape index (κ1) is 18.9. The fourth-order valence-electron chi connectivity index (χ4n) is 3.30. The molecule has 0 N–H and O–H groups in total. The number of aryl methyl sites for hydroxylation is 1. The molecular formula is C21H26N4O2. The van der Waals surface area contributed by atoms with Crippen LogP contribution in [0.4, 0.5) is 5.82 Å². The van der Waals surface area contributed by atoms with E-state index in [1.165, 1.54) is 6.92 Å². The number of pyridine rings is 1. The molecule has 27 heavy (non-hydrogen) atoms. The van der Waals surface area contributed by atoms with Gasteiger partial charge >= 0.3 is 0 Å². The Balaban J connectivity index is 1.56. The highest BCUT2D eigenvalue weighted by Crippen LogP contribution is 2.13. The second-order valence-corrected chi connectivity index (χ2v) is 6.92. The van der Waals surface area contributed by atoms with Gasteiger partial charge in [-0.05, 0) is 24.6 Å². The lowest BCUT2D eigenvalue weighted by atomic mass is 10.1. The standard InChI is InChI=1S/C21H26N4O2/c1-17-6-5-7-19(14-17)15-25(18(2)26)16-21(27)24-12-10-23(11-13-24)20-8-3-4-9-22-20/h3-9,14H,10-13,15-16H2,1-2H3. The fourth-order valence-corrected chi connectivity index (χ4v) is 3.30. The second-order valence-electron chi connectivity index (χ2n) is 6.92. The van der Waals surface area contributed by atoms with E-state index in [4.69, 9.17) is 0 Å². The van der Waals surface area contributed by atoms with Crippen molar-refractivity contribution in [2.45, 2.75) is 20.4 Å². The molecular weight excluding hydrogens is 340 g/mol.